The van der Waals surface area contributed by atoms with E-state index in [4.69, 9.17) is 16.3 Å². The summed E-state index contributed by atoms with van der Waals surface area (Å²) < 4.78 is 20.9. The summed E-state index contributed by atoms with van der Waals surface area (Å²) >= 11 is 6.27. The Labute approximate surface area is 190 Å². The lowest BCUT2D eigenvalue weighted by molar-refractivity contribution is 0.153. The minimum atomic E-state index is -0.444. The number of aromatic nitrogens is 4. The molecule has 2 saturated heterocycles. The third-order valence-corrected chi connectivity index (χ3v) is 6.82. The van der Waals surface area contributed by atoms with Gasteiger partial charge >= 0.3 is 0 Å². The van der Waals surface area contributed by atoms with E-state index in [-0.39, 0.29) is 11.2 Å². The highest BCUT2D eigenvalue weighted by Crippen LogP contribution is 2.44. The van der Waals surface area contributed by atoms with Gasteiger partial charge in [0.1, 0.15) is 5.82 Å². The lowest BCUT2D eigenvalue weighted by Crippen LogP contribution is -2.73. The summed E-state index contributed by atoms with van der Waals surface area (Å²) in [7, 11) is 3.55. The molecule has 0 unspecified atom stereocenters. The molecule has 0 amide bonds. The van der Waals surface area contributed by atoms with Crippen LogP contribution in [0.2, 0.25) is 5.02 Å². The molecule has 3 aromatic rings. The van der Waals surface area contributed by atoms with Crippen molar-refractivity contribution in [2.75, 3.05) is 50.1 Å². The number of ether oxygens (including phenoxy) is 1. The number of nitrogens with zero attached hydrogens (tertiary/aromatic N) is 7. The number of hydrogen-bond acceptors (Lipinski definition) is 7. The summed E-state index contributed by atoms with van der Waals surface area (Å²) in [5.74, 6) is 2.34. The SMILES string of the molecule is COc1cc(N2CC3(C2)CN(c2nnc4n2-c2ccc(Cl)cc2CN(C)C4)C3)ncc1F. The molecule has 0 atom stereocenters. The maximum absolute atomic E-state index is 13.7. The molecule has 2 aromatic heterocycles. The average molecular weight is 456 g/mol. The Morgan fingerprint density at radius 1 is 1.06 bits per heavy atom. The molecule has 1 aromatic carbocycles. The van der Waals surface area contributed by atoms with E-state index in [0.29, 0.717) is 0 Å². The van der Waals surface area contributed by atoms with Crippen LogP contribution in [0, 0.1) is 11.2 Å². The summed E-state index contributed by atoms with van der Waals surface area (Å²) in [6.45, 7) is 5.09. The van der Waals surface area contributed by atoms with Gasteiger partial charge in [-0.3, -0.25) is 9.47 Å². The molecule has 0 N–H and O–H groups in total. The van der Waals surface area contributed by atoms with Crippen LogP contribution < -0.4 is 14.5 Å². The van der Waals surface area contributed by atoms with Crippen molar-refractivity contribution in [3.63, 3.8) is 0 Å². The maximum Gasteiger partial charge on any atom is 0.231 e. The van der Waals surface area contributed by atoms with Gasteiger partial charge in [0.2, 0.25) is 5.95 Å². The fourth-order valence-corrected chi connectivity index (χ4v) is 5.31. The van der Waals surface area contributed by atoms with Gasteiger partial charge in [-0.15, -0.1) is 10.2 Å². The van der Waals surface area contributed by atoms with E-state index in [0.717, 1.165) is 67.6 Å². The molecule has 0 radical (unpaired) electrons. The number of fused-ring (bicyclic) bond motifs is 3. The van der Waals surface area contributed by atoms with E-state index < -0.39 is 5.82 Å². The summed E-state index contributed by atoms with van der Waals surface area (Å²) in [5, 5.41) is 9.78. The topological polar surface area (TPSA) is 62.6 Å². The van der Waals surface area contributed by atoms with Crippen LogP contribution in [0.5, 0.6) is 5.75 Å². The first-order valence-electron chi connectivity index (χ1n) is 10.6. The van der Waals surface area contributed by atoms with Crippen LogP contribution in [0.25, 0.3) is 5.69 Å². The number of methoxy groups -OCH3 is 1. The monoisotopic (exact) mass is 455 g/mol. The minimum absolute atomic E-state index is 0.194. The standard InChI is InChI=1S/C22H23ClFN7O/c1-28-8-14-5-15(23)3-4-17(14)31-20(9-28)26-27-21(31)30-12-22(13-30)10-29(11-22)19-6-18(32-2)16(24)7-25-19/h3-7H,8-13H2,1-2H3. The van der Waals surface area contributed by atoms with Crippen LogP contribution in [0.3, 0.4) is 0 Å². The molecule has 2 fully saturated rings. The number of rotatable bonds is 3. The van der Waals surface area contributed by atoms with Crippen molar-refractivity contribution in [1.29, 1.82) is 0 Å². The summed E-state index contributed by atoms with van der Waals surface area (Å²) in [4.78, 5) is 10.9. The first kappa shape index (κ1) is 19.8. The fraction of sp³-hybridized carbons (Fsp3) is 0.409. The Hall–Kier alpha value is -2.91. The Balaban J connectivity index is 1.21. The highest BCUT2D eigenvalue weighted by Gasteiger charge is 2.53. The zero-order valence-electron chi connectivity index (χ0n) is 17.9. The van der Waals surface area contributed by atoms with E-state index in [1.54, 1.807) is 6.07 Å². The van der Waals surface area contributed by atoms with Crippen LogP contribution in [0.15, 0.2) is 30.5 Å². The van der Waals surface area contributed by atoms with Crippen molar-refractivity contribution in [2.45, 2.75) is 13.1 Å². The second-order valence-corrected chi connectivity index (χ2v) is 9.52. The van der Waals surface area contributed by atoms with Crippen LogP contribution in [-0.2, 0) is 13.1 Å². The number of benzene rings is 1. The van der Waals surface area contributed by atoms with Gasteiger partial charge in [0, 0.05) is 49.2 Å². The van der Waals surface area contributed by atoms with E-state index in [2.05, 4.69) is 47.6 Å². The van der Waals surface area contributed by atoms with Crippen molar-refractivity contribution in [3.05, 3.63) is 52.7 Å². The van der Waals surface area contributed by atoms with Crippen molar-refractivity contribution in [3.8, 4) is 11.4 Å². The summed E-state index contributed by atoms with van der Waals surface area (Å²) in [5.41, 5.74) is 2.45. The Kier molecular flexibility index (Phi) is 4.35. The van der Waals surface area contributed by atoms with Gasteiger partial charge < -0.3 is 14.5 Å². The molecule has 32 heavy (non-hydrogen) atoms. The van der Waals surface area contributed by atoms with Gasteiger partial charge in [-0.2, -0.15) is 0 Å². The zero-order valence-corrected chi connectivity index (χ0v) is 18.7. The second-order valence-electron chi connectivity index (χ2n) is 9.09. The zero-order chi connectivity index (χ0) is 22.0. The highest BCUT2D eigenvalue weighted by atomic mass is 35.5. The third kappa shape index (κ3) is 3.02. The predicted octanol–water partition coefficient (Wildman–Crippen LogP) is 2.74. The number of halogens is 2. The quantitative estimate of drug-likeness (QED) is 0.601. The molecular formula is C22H23ClFN7O. The second kappa shape index (κ2) is 7.05. The van der Waals surface area contributed by atoms with Crippen molar-refractivity contribution < 1.29 is 9.13 Å². The molecule has 5 heterocycles. The summed E-state index contributed by atoms with van der Waals surface area (Å²) in [6, 6.07) is 7.67. The number of pyridine rings is 1. The molecule has 3 aliphatic heterocycles. The lowest BCUT2D eigenvalue weighted by atomic mass is 9.73. The number of anilines is 2. The van der Waals surface area contributed by atoms with Crippen LogP contribution >= 0.6 is 11.6 Å². The predicted molar refractivity (Wildman–Crippen MR) is 119 cm³/mol. The lowest BCUT2D eigenvalue weighted by Gasteiger charge is -2.60. The molecule has 10 heteroatoms. The smallest absolute Gasteiger partial charge is 0.231 e. The Bertz CT molecular complexity index is 1200. The minimum Gasteiger partial charge on any atom is -0.493 e. The molecule has 3 aliphatic rings. The number of hydrogen-bond donors (Lipinski definition) is 0. The van der Waals surface area contributed by atoms with Crippen LogP contribution in [-0.4, -0.2) is 65.0 Å². The highest BCUT2D eigenvalue weighted by molar-refractivity contribution is 6.30. The molecule has 166 valence electrons. The van der Waals surface area contributed by atoms with Crippen LogP contribution in [0.1, 0.15) is 11.4 Å². The fourth-order valence-electron chi connectivity index (χ4n) is 5.12. The van der Waals surface area contributed by atoms with E-state index in [1.807, 2.05) is 12.1 Å². The van der Waals surface area contributed by atoms with Gasteiger partial charge in [-0.05, 0) is 30.8 Å². The van der Waals surface area contributed by atoms with Crippen molar-refractivity contribution in [1.82, 2.24) is 24.6 Å². The largest absolute Gasteiger partial charge is 0.493 e. The average Bonchev–Trinajstić information content (AvgIpc) is 3.03. The molecule has 8 nitrogen and oxygen atoms in total. The molecule has 6 rings (SSSR count). The van der Waals surface area contributed by atoms with Gasteiger partial charge in [-0.25, -0.2) is 9.37 Å². The summed E-state index contributed by atoms with van der Waals surface area (Å²) in [6.07, 6.45) is 1.22. The van der Waals surface area contributed by atoms with Gasteiger partial charge in [0.25, 0.3) is 0 Å². The van der Waals surface area contributed by atoms with E-state index >= 15 is 0 Å². The van der Waals surface area contributed by atoms with E-state index in [9.17, 15) is 4.39 Å². The first-order valence-corrected chi connectivity index (χ1v) is 10.9. The van der Waals surface area contributed by atoms with Gasteiger partial charge in [-0.1, -0.05) is 11.6 Å². The molecular weight excluding hydrogens is 433 g/mol. The first-order chi connectivity index (χ1) is 15.4. The normalized spacial score (nSPS) is 19.1. The molecule has 0 aliphatic carbocycles. The molecule has 0 bridgehead atoms. The molecule has 1 spiro atoms. The van der Waals surface area contributed by atoms with E-state index in [1.165, 1.54) is 18.9 Å². The Morgan fingerprint density at radius 3 is 2.62 bits per heavy atom. The van der Waals surface area contributed by atoms with Crippen LogP contribution in [0.4, 0.5) is 16.2 Å². The third-order valence-electron chi connectivity index (χ3n) is 6.58. The van der Waals surface area contributed by atoms with Gasteiger partial charge in [0.05, 0.1) is 25.5 Å². The van der Waals surface area contributed by atoms with Crippen molar-refractivity contribution >= 4 is 23.4 Å². The van der Waals surface area contributed by atoms with Gasteiger partial charge in [0.15, 0.2) is 17.4 Å². The maximum atomic E-state index is 13.7. The Morgan fingerprint density at radius 2 is 1.84 bits per heavy atom. The molecule has 0 saturated carbocycles. The van der Waals surface area contributed by atoms with Crippen molar-refractivity contribution in [2.24, 2.45) is 5.41 Å².